The van der Waals surface area contributed by atoms with Crippen molar-refractivity contribution in [2.75, 3.05) is 33.3 Å². The largest absolute Gasteiger partial charge is 0.497 e. The van der Waals surface area contributed by atoms with Crippen LogP contribution in [0.5, 0.6) is 5.75 Å². The van der Waals surface area contributed by atoms with Crippen LogP contribution in [0.3, 0.4) is 0 Å². The molecule has 3 rings (SSSR count). The average molecular weight is 344 g/mol. The summed E-state index contributed by atoms with van der Waals surface area (Å²) < 4.78 is 10.2. The minimum absolute atomic E-state index is 0.0938. The molecule has 1 aromatic heterocycles. The second kappa shape index (κ2) is 7.65. The summed E-state index contributed by atoms with van der Waals surface area (Å²) in [4.78, 5) is 21.0. The van der Waals surface area contributed by atoms with Gasteiger partial charge >= 0.3 is 0 Å². The molecular formula is C18H24N4O3. The lowest BCUT2D eigenvalue weighted by atomic mass is 10.1. The van der Waals surface area contributed by atoms with Crippen molar-refractivity contribution >= 4 is 5.91 Å². The third-order valence-corrected chi connectivity index (χ3v) is 4.65. The smallest absolute Gasteiger partial charge is 0.227 e. The number of nitrogens with zero attached hydrogens (tertiary/aromatic N) is 4. The van der Waals surface area contributed by atoms with Crippen LogP contribution in [0.15, 0.2) is 28.8 Å². The lowest BCUT2D eigenvalue weighted by molar-refractivity contribution is -0.132. The van der Waals surface area contributed by atoms with Gasteiger partial charge in [0.1, 0.15) is 5.75 Å². The lowest BCUT2D eigenvalue weighted by Crippen LogP contribution is -2.49. The Hall–Kier alpha value is -2.41. The number of carbonyl (C=O) groups is 1. The zero-order valence-corrected chi connectivity index (χ0v) is 14.9. The van der Waals surface area contributed by atoms with Crippen LogP contribution in [0.1, 0.15) is 30.2 Å². The summed E-state index contributed by atoms with van der Waals surface area (Å²) in [5.41, 5.74) is 1.00. The predicted octanol–water partition coefficient (Wildman–Crippen LogP) is 1.83. The van der Waals surface area contributed by atoms with Crippen molar-refractivity contribution in [3.05, 3.63) is 41.5 Å². The van der Waals surface area contributed by atoms with Crippen molar-refractivity contribution in [1.29, 1.82) is 0 Å². The zero-order valence-electron chi connectivity index (χ0n) is 14.9. The first-order valence-electron chi connectivity index (χ1n) is 8.52. The summed E-state index contributed by atoms with van der Waals surface area (Å²) in [6.45, 7) is 6.91. The van der Waals surface area contributed by atoms with Gasteiger partial charge in [-0.15, -0.1) is 0 Å². The summed E-state index contributed by atoms with van der Waals surface area (Å²) in [6, 6.07) is 7.74. The van der Waals surface area contributed by atoms with Crippen LogP contribution < -0.4 is 4.74 Å². The standard InChI is InChI=1S/C18H24N4O3/c1-13(18-19-14(2)25-20-18)21-8-10-22(11-9-21)17(23)12-15-4-6-16(24-3)7-5-15/h4-7,13H,8-12H2,1-3H3/t13-/m0/s1. The third-order valence-electron chi connectivity index (χ3n) is 4.65. The summed E-state index contributed by atoms with van der Waals surface area (Å²) in [6.07, 6.45) is 0.420. The Morgan fingerprint density at radius 1 is 1.24 bits per heavy atom. The molecule has 1 aliphatic rings. The van der Waals surface area contributed by atoms with Crippen molar-refractivity contribution in [1.82, 2.24) is 19.9 Å². The van der Waals surface area contributed by atoms with Gasteiger partial charge < -0.3 is 14.2 Å². The maximum absolute atomic E-state index is 12.5. The van der Waals surface area contributed by atoms with Crippen LogP contribution in [0.4, 0.5) is 0 Å². The lowest BCUT2D eigenvalue weighted by Gasteiger charge is -2.37. The molecule has 25 heavy (non-hydrogen) atoms. The van der Waals surface area contributed by atoms with E-state index >= 15 is 0 Å². The van der Waals surface area contributed by atoms with E-state index in [1.165, 1.54) is 0 Å². The van der Waals surface area contributed by atoms with Gasteiger partial charge in [-0.05, 0) is 24.6 Å². The van der Waals surface area contributed by atoms with E-state index in [9.17, 15) is 4.79 Å². The molecule has 7 nitrogen and oxygen atoms in total. The van der Waals surface area contributed by atoms with E-state index in [2.05, 4.69) is 22.0 Å². The Bertz CT molecular complexity index is 705. The fraction of sp³-hybridized carbons (Fsp3) is 0.500. The molecule has 0 saturated carbocycles. The summed E-state index contributed by atoms with van der Waals surface area (Å²) >= 11 is 0. The highest BCUT2D eigenvalue weighted by Crippen LogP contribution is 2.19. The molecule has 0 aliphatic carbocycles. The molecule has 2 aromatic rings. The fourth-order valence-corrected chi connectivity index (χ4v) is 3.04. The molecule has 0 spiro atoms. The molecule has 1 saturated heterocycles. The minimum atomic E-state index is 0.0938. The van der Waals surface area contributed by atoms with Crippen LogP contribution in [-0.4, -0.2) is 59.1 Å². The number of hydrogen-bond acceptors (Lipinski definition) is 6. The second-order valence-corrected chi connectivity index (χ2v) is 6.29. The topological polar surface area (TPSA) is 71.7 Å². The van der Waals surface area contributed by atoms with E-state index < -0.39 is 0 Å². The summed E-state index contributed by atoms with van der Waals surface area (Å²) in [5.74, 6) is 2.24. The van der Waals surface area contributed by atoms with E-state index in [1.807, 2.05) is 29.2 Å². The number of aromatic nitrogens is 2. The Kier molecular flexibility index (Phi) is 5.33. The van der Waals surface area contributed by atoms with Crippen molar-refractivity contribution in [2.24, 2.45) is 0 Å². The van der Waals surface area contributed by atoms with E-state index in [4.69, 9.17) is 9.26 Å². The molecule has 0 unspecified atom stereocenters. The maximum Gasteiger partial charge on any atom is 0.227 e. The molecule has 134 valence electrons. The van der Waals surface area contributed by atoms with E-state index in [0.29, 0.717) is 18.1 Å². The predicted molar refractivity (Wildman–Crippen MR) is 92.3 cm³/mol. The quantitative estimate of drug-likeness (QED) is 0.824. The Morgan fingerprint density at radius 2 is 1.92 bits per heavy atom. The van der Waals surface area contributed by atoms with Gasteiger partial charge in [-0.1, -0.05) is 17.3 Å². The third kappa shape index (κ3) is 4.17. The fourth-order valence-electron chi connectivity index (χ4n) is 3.04. The van der Waals surface area contributed by atoms with Crippen molar-refractivity contribution in [3.8, 4) is 5.75 Å². The van der Waals surface area contributed by atoms with E-state index in [1.54, 1.807) is 14.0 Å². The monoisotopic (exact) mass is 344 g/mol. The molecule has 1 aliphatic heterocycles. The highest BCUT2D eigenvalue weighted by atomic mass is 16.5. The van der Waals surface area contributed by atoms with Crippen LogP contribution >= 0.6 is 0 Å². The van der Waals surface area contributed by atoms with Crippen LogP contribution in [-0.2, 0) is 11.2 Å². The van der Waals surface area contributed by atoms with Gasteiger partial charge in [0, 0.05) is 33.1 Å². The Labute approximate surface area is 147 Å². The number of benzene rings is 1. The van der Waals surface area contributed by atoms with Gasteiger partial charge in [0.25, 0.3) is 0 Å². The molecule has 2 heterocycles. The number of hydrogen-bond donors (Lipinski definition) is 0. The number of amides is 1. The number of methoxy groups -OCH3 is 1. The Balaban J connectivity index is 1.51. The minimum Gasteiger partial charge on any atom is -0.497 e. The molecule has 0 radical (unpaired) electrons. The second-order valence-electron chi connectivity index (χ2n) is 6.29. The Morgan fingerprint density at radius 3 is 2.48 bits per heavy atom. The number of rotatable bonds is 5. The maximum atomic E-state index is 12.5. The first-order valence-corrected chi connectivity index (χ1v) is 8.52. The average Bonchev–Trinajstić information content (AvgIpc) is 3.08. The normalized spacial score (nSPS) is 16.7. The molecule has 0 N–H and O–H groups in total. The van der Waals surface area contributed by atoms with Crippen molar-refractivity contribution in [3.63, 3.8) is 0 Å². The number of ether oxygens (including phenoxy) is 1. The van der Waals surface area contributed by atoms with E-state index in [0.717, 1.165) is 37.5 Å². The number of piperazine rings is 1. The van der Waals surface area contributed by atoms with Crippen molar-refractivity contribution in [2.45, 2.75) is 26.3 Å². The van der Waals surface area contributed by atoms with Gasteiger partial charge in [0.15, 0.2) is 5.82 Å². The first kappa shape index (κ1) is 17.4. The van der Waals surface area contributed by atoms with Gasteiger partial charge in [-0.3, -0.25) is 9.69 Å². The van der Waals surface area contributed by atoms with Crippen molar-refractivity contribution < 1.29 is 14.1 Å². The highest BCUT2D eigenvalue weighted by molar-refractivity contribution is 5.79. The highest BCUT2D eigenvalue weighted by Gasteiger charge is 2.26. The molecular weight excluding hydrogens is 320 g/mol. The van der Waals surface area contributed by atoms with Gasteiger partial charge in [-0.25, -0.2) is 0 Å². The molecule has 1 amide bonds. The number of aryl methyl sites for hydroxylation is 1. The zero-order chi connectivity index (χ0) is 17.8. The molecule has 1 aromatic carbocycles. The molecule has 1 fully saturated rings. The summed E-state index contributed by atoms with van der Waals surface area (Å²) in [5, 5.41) is 4.00. The van der Waals surface area contributed by atoms with Crippen LogP contribution in [0.2, 0.25) is 0 Å². The van der Waals surface area contributed by atoms with Crippen LogP contribution in [0, 0.1) is 6.92 Å². The SMILES string of the molecule is COc1ccc(CC(=O)N2CCN([C@@H](C)c3noc(C)n3)CC2)cc1. The number of carbonyl (C=O) groups excluding carboxylic acids is 1. The molecule has 0 bridgehead atoms. The molecule has 1 atom stereocenters. The van der Waals surface area contributed by atoms with Crippen LogP contribution in [0.25, 0.3) is 0 Å². The summed E-state index contributed by atoms with van der Waals surface area (Å²) in [7, 11) is 1.64. The first-order chi connectivity index (χ1) is 12.1. The van der Waals surface area contributed by atoms with Gasteiger partial charge in [0.05, 0.1) is 19.6 Å². The van der Waals surface area contributed by atoms with Gasteiger partial charge in [0.2, 0.25) is 11.8 Å². The molecule has 7 heteroatoms. The van der Waals surface area contributed by atoms with E-state index in [-0.39, 0.29) is 11.9 Å². The van der Waals surface area contributed by atoms with Gasteiger partial charge in [-0.2, -0.15) is 4.98 Å².